The quantitative estimate of drug-likeness (QED) is 0.898. The fourth-order valence-corrected chi connectivity index (χ4v) is 4.56. The maximum Gasteiger partial charge on any atom is 0.256 e. The highest BCUT2D eigenvalue weighted by atomic mass is 32.1. The van der Waals surface area contributed by atoms with E-state index in [2.05, 4.69) is 12.2 Å². The maximum atomic E-state index is 12.6. The number of nitrogens with one attached hydrogen (secondary N) is 1. The number of nitrogen functional groups attached to an aromatic ring is 1. The molecule has 1 saturated carbocycles. The normalized spacial score (nSPS) is 24.7. The number of fused-ring (bicyclic) bond motifs is 1. The van der Waals surface area contributed by atoms with Crippen molar-refractivity contribution in [2.45, 2.75) is 44.3 Å². The fraction of sp³-hybridized carbons (Fsp3) is 0.562. The Hall–Kier alpha value is -1.69. The average Bonchev–Trinajstić information content (AvgIpc) is 3.10. The van der Waals surface area contributed by atoms with E-state index >= 15 is 0 Å². The lowest BCUT2D eigenvalue weighted by atomic mass is 9.81. The number of amides is 1. The minimum absolute atomic E-state index is 0.0264. The Morgan fingerprint density at radius 1 is 1.45 bits per heavy atom. The highest BCUT2D eigenvalue weighted by Gasteiger charge is 2.48. The van der Waals surface area contributed by atoms with E-state index in [1.165, 1.54) is 29.1 Å². The summed E-state index contributed by atoms with van der Waals surface area (Å²) in [5.41, 5.74) is 7.79. The molecule has 0 saturated heterocycles. The first-order valence-corrected chi connectivity index (χ1v) is 8.62. The van der Waals surface area contributed by atoms with Gasteiger partial charge in [0, 0.05) is 17.8 Å². The number of nitrogens with two attached hydrogens (primary N) is 1. The lowest BCUT2D eigenvalue weighted by Crippen LogP contribution is -2.40. The van der Waals surface area contributed by atoms with Crippen LogP contribution in [0.4, 0.5) is 5.00 Å². The zero-order valence-electron chi connectivity index (χ0n) is 12.6. The molecule has 5 nitrogen and oxygen atoms in total. The molecule has 1 aliphatic heterocycles. The van der Waals surface area contributed by atoms with Crippen molar-refractivity contribution in [1.29, 1.82) is 0 Å². The molecule has 22 heavy (non-hydrogen) atoms. The van der Waals surface area contributed by atoms with E-state index < -0.39 is 5.79 Å². The molecule has 4 rings (SSSR count). The number of hydrogen-bond donors (Lipinski definition) is 2. The van der Waals surface area contributed by atoms with Gasteiger partial charge in [-0.15, -0.1) is 11.3 Å². The third kappa shape index (κ3) is 2.08. The molecule has 0 radical (unpaired) electrons. The number of aryl methyl sites for hydroxylation is 1. The van der Waals surface area contributed by atoms with Gasteiger partial charge in [0.25, 0.3) is 11.7 Å². The van der Waals surface area contributed by atoms with Crippen LogP contribution in [0.3, 0.4) is 0 Å². The second-order valence-electron chi connectivity index (χ2n) is 6.37. The van der Waals surface area contributed by atoms with Crippen molar-refractivity contribution in [3.63, 3.8) is 0 Å². The van der Waals surface area contributed by atoms with E-state index in [1.54, 1.807) is 12.5 Å². The van der Waals surface area contributed by atoms with E-state index in [0.29, 0.717) is 16.5 Å². The minimum atomic E-state index is -0.675. The van der Waals surface area contributed by atoms with Crippen LogP contribution in [0.15, 0.2) is 12.5 Å². The van der Waals surface area contributed by atoms with Gasteiger partial charge < -0.3 is 20.5 Å². The predicted molar refractivity (Wildman–Crippen MR) is 84.6 cm³/mol. The zero-order chi connectivity index (χ0) is 15.3. The Morgan fingerprint density at radius 3 is 2.86 bits per heavy atom. The van der Waals surface area contributed by atoms with Gasteiger partial charge in [0.1, 0.15) is 12.5 Å². The summed E-state index contributed by atoms with van der Waals surface area (Å²) in [4.78, 5) is 13.8. The van der Waals surface area contributed by atoms with E-state index in [4.69, 9.17) is 15.2 Å². The molecule has 0 bridgehead atoms. The maximum absolute atomic E-state index is 12.6. The van der Waals surface area contributed by atoms with Crippen molar-refractivity contribution in [1.82, 2.24) is 5.32 Å². The van der Waals surface area contributed by atoms with Crippen LogP contribution in [0.2, 0.25) is 0 Å². The molecule has 0 aromatic carbocycles. The molecule has 3 N–H and O–H groups in total. The molecule has 1 aromatic rings. The topological polar surface area (TPSA) is 73.6 Å². The number of carbonyl (C=O) groups is 1. The predicted octanol–water partition coefficient (Wildman–Crippen LogP) is 2.73. The number of rotatable bonds is 3. The highest BCUT2D eigenvalue weighted by Crippen LogP contribution is 2.49. The summed E-state index contributed by atoms with van der Waals surface area (Å²) in [7, 11) is 0. The Balaban J connectivity index is 1.65. The lowest BCUT2D eigenvalue weighted by Gasteiger charge is -2.37. The number of anilines is 1. The molecule has 118 valence electrons. The first kappa shape index (κ1) is 13.9. The van der Waals surface area contributed by atoms with Crippen molar-refractivity contribution in [3.8, 4) is 0 Å². The smallest absolute Gasteiger partial charge is 0.256 e. The molecule has 1 atom stereocenters. The van der Waals surface area contributed by atoms with Crippen LogP contribution in [0.5, 0.6) is 0 Å². The van der Waals surface area contributed by atoms with Gasteiger partial charge in [0.2, 0.25) is 0 Å². The van der Waals surface area contributed by atoms with Crippen LogP contribution in [0.25, 0.3) is 0 Å². The Labute approximate surface area is 133 Å². The molecular weight excluding hydrogens is 300 g/mol. The van der Waals surface area contributed by atoms with Crippen LogP contribution in [-0.2, 0) is 15.9 Å². The van der Waals surface area contributed by atoms with Crippen LogP contribution in [0.1, 0.15) is 52.9 Å². The van der Waals surface area contributed by atoms with E-state index in [0.717, 1.165) is 24.9 Å². The SMILES string of the molecule is CC1c2c(sc(N)c2C(=O)NCC2CC2)CCC12OC=CO2. The summed E-state index contributed by atoms with van der Waals surface area (Å²) in [6.07, 6.45) is 7.20. The average molecular weight is 320 g/mol. The fourth-order valence-electron chi connectivity index (χ4n) is 3.40. The van der Waals surface area contributed by atoms with Crippen molar-refractivity contribution in [2.24, 2.45) is 5.92 Å². The van der Waals surface area contributed by atoms with Crippen molar-refractivity contribution >= 4 is 22.2 Å². The number of carbonyl (C=O) groups excluding carboxylic acids is 1. The van der Waals surface area contributed by atoms with Gasteiger partial charge in [-0.25, -0.2) is 0 Å². The third-order valence-corrected chi connectivity index (χ3v) is 6.00. The standard InChI is InChI=1S/C16H20N2O3S/c1-9-12-11(4-5-16(9)20-6-7-21-16)22-14(17)13(12)15(19)18-8-10-2-3-10/h6-7,9-10H,2-5,8,17H2,1H3,(H,18,19). The summed E-state index contributed by atoms with van der Waals surface area (Å²) < 4.78 is 11.5. The first-order chi connectivity index (χ1) is 10.6. The van der Waals surface area contributed by atoms with Crippen LogP contribution in [-0.4, -0.2) is 18.2 Å². The molecule has 1 spiro atoms. The molecule has 1 amide bonds. The van der Waals surface area contributed by atoms with Gasteiger partial charge in [-0.2, -0.15) is 0 Å². The van der Waals surface area contributed by atoms with E-state index in [1.807, 2.05) is 0 Å². The molecule has 2 aliphatic carbocycles. The lowest BCUT2D eigenvalue weighted by molar-refractivity contribution is -0.165. The summed E-state index contributed by atoms with van der Waals surface area (Å²) in [5, 5.41) is 3.63. The van der Waals surface area contributed by atoms with Crippen molar-refractivity contribution in [3.05, 3.63) is 28.5 Å². The molecule has 2 heterocycles. The molecule has 1 aromatic heterocycles. The Morgan fingerprint density at radius 2 is 2.18 bits per heavy atom. The summed E-state index contributed by atoms with van der Waals surface area (Å²) in [5.74, 6) is -0.112. The molecule has 3 aliphatic rings. The van der Waals surface area contributed by atoms with Gasteiger partial charge >= 0.3 is 0 Å². The molecule has 1 fully saturated rings. The first-order valence-electron chi connectivity index (χ1n) is 7.80. The van der Waals surface area contributed by atoms with Crippen molar-refractivity contribution < 1.29 is 14.3 Å². The second-order valence-corrected chi connectivity index (χ2v) is 7.51. The summed E-state index contributed by atoms with van der Waals surface area (Å²) in [6.45, 7) is 2.80. The van der Waals surface area contributed by atoms with Gasteiger partial charge in [-0.1, -0.05) is 6.92 Å². The van der Waals surface area contributed by atoms with Crippen LogP contribution >= 0.6 is 11.3 Å². The zero-order valence-corrected chi connectivity index (χ0v) is 13.4. The van der Waals surface area contributed by atoms with Crippen LogP contribution < -0.4 is 11.1 Å². The number of ether oxygens (including phenoxy) is 2. The second kappa shape index (κ2) is 4.91. The number of hydrogen-bond acceptors (Lipinski definition) is 5. The van der Waals surface area contributed by atoms with Gasteiger partial charge in [0.15, 0.2) is 0 Å². The van der Waals surface area contributed by atoms with Crippen molar-refractivity contribution in [2.75, 3.05) is 12.3 Å². The van der Waals surface area contributed by atoms with Gasteiger partial charge in [0.05, 0.1) is 16.5 Å². The van der Waals surface area contributed by atoms with Gasteiger partial charge in [-0.3, -0.25) is 4.79 Å². The van der Waals surface area contributed by atoms with Gasteiger partial charge in [-0.05, 0) is 30.7 Å². The highest BCUT2D eigenvalue weighted by molar-refractivity contribution is 7.16. The molecular formula is C16H20N2O3S. The van der Waals surface area contributed by atoms with Crippen LogP contribution in [0, 0.1) is 5.92 Å². The number of thiophene rings is 1. The monoisotopic (exact) mass is 320 g/mol. The Kier molecular flexibility index (Phi) is 3.11. The Bertz CT molecular complexity index is 640. The molecule has 6 heteroatoms. The minimum Gasteiger partial charge on any atom is -0.456 e. The van der Waals surface area contributed by atoms with E-state index in [-0.39, 0.29) is 11.8 Å². The van der Waals surface area contributed by atoms with E-state index in [9.17, 15) is 4.79 Å². The third-order valence-electron chi connectivity index (χ3n) is 4.91. The summed E-state index contributed by atoms with van der Waals surface area (Å²) in [6, 6.07) is 0. The molecule has 1 unspecified atom stereocenters. The largest absolute Gasteiger partial charge is 0.456 e. The summed E-state index contributed by atoms with van der Waals surface area (Å²) >= 11 is 1.53.